The number of rotatable bonds is 2. The van der Waals surface area contributed by atoms with Crippen LogP contribution in [-0.2, 0) is 5.41 Å². The van der Waals surface area contributed by atoms with E-state index in [0.29, 0.717) is 0 Å². The minimum atomic E-state index is -0.917. The summed E-state index contributed by atoms with van der Waals surface area (Å²) in [6.07, 6.45) is 0. The molecule has 0 saturated carbocycles. The van der Waals surface area contributed by atoms with Crippen molar-refractivity contribution in [2.24, 2.45) is 0 Å². The van der Waals surface area contributed by atoms with E-state index in [1.165, 1.54) is 0 Å². The Hall–Kier alpha value is -1.61. The van der Waals surface area contributed by atoms with Gasteiger partial charge in [0.05, 0.1) is 0 Å². The zero-order chi connectivity index (χ0) is 15.2. The summed E-state index contributed by atoms with van der Waals surface area (Å²) in [5.74, 6) is 0.547. The van der Waals surface area contributed by atoms with Gasteiger partial charge in [0.2, 0.25) is 0 Å². The van der Waals surface area contributed by atoms with E-state index in [4.69, 9.17) is 9.79 Å². The first-order valence-corrected chi connectivity index (χ1v) is 6.93. The molecule has 2 aromatic rings. The molecule has 0 fully saturated rings. The van der Waals surface area contributed by atoms with Gasteiger partial charge in [-0.1, -0.05) is 38.1 Å². The third-order valence-electron chi connectivity index (χ3n) is 3.18. The minimum Gasteiger partial charge on any atom is -0.508 e. The smallest absolute Gasteiger partial charge is 0.149 e. The fourth-order valence-electron chi connectivity index (χ4n) is 1.92. The van der Waals surface area contributed by atoms with Crippen LogP contribution in [0.2, 0.25) is 0 Å². The third kappa shape index (κ3) is 4.20. The van der Waals surface area contributed by atoms with Crippen LogP contribution >= 0.6 is 9.03 Å². The molecule has 0 aliphatic carbocycles. The molecule has 0 aliphatic rings. The van der Waals surface area contributed by atoms with Gasteiger partial charge in [0, 0.05) is 5.41 Å². The van der Waals surface area contributed by atoms with Crippen LogP contribution < -0.4 is 0 Å². The molecule has 0 bridgehead atoms. The van der Waals surface area contributed by atoms with Gasteiger partial charge >= 0.3 is 0 Å². The highest BCUT2D eigenvalue weighted by Gasteiger charge is 2.22. The summed E-state index contributed by atoms with van der Waals surface area (Å²) in [4.78, 5) is 14.3. The van der Waals surface area contributed by atoms with Gasteiger partial charge in [-0.15, -0.1) is 0 Å². The molecule has 0 spiro atoms. The van der Waals surface area contributed by atoms with Crippen LogP contribution in [0.25, 0.3) is 0 Å². The maximum absolute atomic E-state index is 9.30. The SMILES string of the molecule is CC(C)(c1ccc(O)cc1)c1ccc(O)cc1.OPO. The highest BCUT2D eigenvalue weighted by molar-refractivity contribution is 7.23. The number of phenols is 2. The largest absolute Gasteiger partial charge is 0.508 e. The van der Waals surface area contributed by atoms with Crippen molar-refractivity contribution in [2.45, 2.75) is 19.3 Å². The van der Waals surface area contributed by atoms with Crippen LogP contribution in [0.15, 0.2) is 48.5 Å². The maximum Gasteiger partial charge on any atom is 0.149 e. The van der Waals surface area contributed by atoms with Crippen LogP contribution in [-0.4, -0.2) is 20.0 Å². The predicted molar refractivity (Wildman–Crippen MR) is 81.1 cm³/mol. The molecular formula is C15H19O4P. The van der Waals surface area contributed by atoms with Crippen LogP contribution in [0.3, 0.4) is 0 Å². The van der Waals surface area contributed by atoms with Crippen molar-refractivity contribution in [1.29, 1.82) is 0 Å². The van der Waals surface area contributed by atoms with Crippen molar-refractivity contribution >= 4 is 9.03 Å². The Kier molecular flexibility index (Phi) is 5.96. The Morgan fingerprint density at radius 3 is 1.20 bits per heavy atom. The lowest BCUT2D eigenvalue weighted by Crippen LogP contribution is -2.18. The molecule has 2 rings (SSSR count). The molecule has 0 heterocycles. The maximum atomic E-state index is 9.30. The van der Waals surface area contributed by atoms with E-state index in [2.05, 4.69) is 13.8 Å². The summed E-state index contributed by atoms with van der Waals surface area (Å²) in [5, 5.41) is 18.6. The first-order valence-electron chi connectivity index (χ1n) is 6.04. The molecule has 0 atom stereocenters. The second-order valence-corrected chi connectivity index (χ2v) is 5.02. The van der Waals surface area contributed by atoms with Crippen molar-refractivity contribution in [3.63, 3.8) is 0 Å². The minimum absolute atomic E-state index is 0.151. The van der Waals surface area contributed by atoms with Crippen LogP contribution in [0.5, 0.6) is 11.5 Å². The monoisotopic (exact) mass is 294 g/mol. The number of phenolic OH excluding ortho intramolecular Hbond substituents is 2. The molecule has 4 nitrogen and oxygen atoms in total. The fraction of sp³-hybridized carbons (Fsp3) is 0.200. The standard InChI is InChI=1S/C15H16O2.H3O2P/c1-15(2,11-3-7-13(16)8-4-11)12-5-9-14(17)10-6-12;1-3-2/h3-10,16-17H,1-2H3;1-3H. The van der Waals surface area contributed by atoms with Crippen molar-refractivity contribution < 1.29 is 20.0 Å². The van der Waals surface area contributed by atoms with Gasteiger partial charge < -0.3 is 20.0 Å². The molecule has 4 N–H and O–H groups in total. The van der Waals surface area contributed by atoms with Crippen molar-refractivity contribution in [3.8, 4) is 11.5 Å². The molecule has 0 aromatic heterocycles. The molecular weight excluding hydrogens is 275 g/mol. The Balaban J connectivity index is 0.000000612. The third-order valence-corrected chi connectivity index (χ3v) is 3.18. The number of hydrogen-bond acceptors (Lipinski definition) is 4. The fourth-order valence-corrected chi connectivity index (χ4v) is 1.92. The van der Waals surface area contributed by atoms with Gasteiger partial charge in [-0.2, -0.15) is 0 Å². The zero-order valence-electron chi connectivity index (χ0n) is 11.4. The molecule has 2 aromatic carbocycles. The van der Waals surface area contributed by atoms with E-state index >= 15 is 0 Å². The lowest BCUT2D eigenvalue weighted by atomic mass is 9.78. The quantitative estimate of drug-likeness (QED) is 0.642. The van der Waals surface area contributed by atoms with Gasteiger partial charge in [-0.05, 0) is 35.4 Å². The van der Waals surface area contributed by atoms with Crippen LogP contribution in [0.4, 0.5) is 0 Å². The predicted octanol–water partition coefficient (Wildman–Crippen LogP) is 2.90. The lowest BCUT2D eigenvalue weighted by Gasteiger charge is -2.26. The van der Waals surface area contributed by atoms with E-state index < -0.39 is 9.03 Å². The first kappa shape index (κ1) is 16.4. The number of aromatic hydroxyl groups is 2. The van der Waals surface area contributed by atoms with Gasteiger partial charge in [0.15, 0.2) is 0 Å². The molecule has 0 saturated heterocycles. The van der Waals surface area contributed by atoms with Gasteiger partial charge in [0.1, 0.15) is 20.5 Å². The summed E-state index contributed by atoms with van der Waals surface area (Å²) >= 11 is 0. The van der Waals surface area contributed by atoms with Crippen molar-refractivity contribution in [3.05, 3.63) is 59.7 Å². The van der Waals surface area contributed by atoms with Gasteiger partial charge in [-0.3, -0.25) is 0 Å². The molecule has 108 valence electrons. The zero-order valence-corrected chi connectivity index (χ0v) is 12.4. The normalized spacial score (nSPS) is 10.6. The number of benzene rings is 2. The van der Waals surface area contributed by atoms with Crippen molar-refractivity contribution in [2.75, 3.05) is 0 Å². The highest BCUT2D eigenvalue weighted by Crippen LogP contribution is 2.32. The Bertz CT molecular complexity index is 473. The van der Waals surface area contributed by atoms with E-state index in [1.807, 2.05) is 24.3 Å². The summed E-state index contributed by atoms with van der Waals surface area (Å²) in [6.45, 7) is 4.23. The summed E-state index contributed by atoms with van der Waals surface area (Å²) in [7, 11) is -0.917. The molecule has 0 amide bonds. The van der Waals surface area contributed by atoms with Crippen molar-refractivity contribution in [1.82, 2.24) is 0 Å². The summed E-state index contributed by atoms with van der Waals surface area (Å²) < 4.78 is 0. The second kappa shape index (κ2) is 7.25. The summed E-state index contributed by atoms with van der Waals surface area (Å²) in [6, 6.07) is 14.4. The molecule has 0 aliphatic heterocycles. The lowest BCUT2D eigenvalue weighted by molar-refractivity contribution is 0.474. The average molecular weight is 294 g/mol. The highest BCUT2D eigenvalue weighted by atomic mass is 31.1. The van der Waals surface area contributed by atoms with Crippen LogP contribution in [0, 0.1) is 0 Å². The van der Waals surface area contributed by atoms with Gasteiger partial charge in [0.25, 0.3) is 0 Å². The summed E-state index contributed by atoms with van der Waals surface area (Å²) in [5.41, 5.74) is 2.10. The van der Waals surface area contributed by atoms with E-state index in [0.717, 1.165) is 11.1 Å². The molecule has 0 unspecified atom stereocenters. The Labute approximate surface area is 120 Å². The Morgan fingerprint density at radius 2 is 0.950 bits per heavy atom. The Morgan fingerprint density at radius 1 is 0.700 bits per heavy atom. The van der Waals surface area contributed by atoms with Crippen LogP contribution in [0.1, 0.15) is 25.0 Å². The number of hydrogen-bond donors (Lipinski definition) is 4. The molecule has 5 heteroatoms. The second-order valence-electron chi connectivity index (χ2n) is 4.82. The van der Waals surface area contributed by atoms with Gasteiger partial charge in [-0.25, -0.2) is 0 Å². The molecule has 20 heavy (non-hydrogen) atoms. The molecule has 0 radical (unpaired) electrons. The van der Waals surface area contributed by atoms with E-state index in [1.54, 1.807) is 24.3 Å². The first-order chi connectivity index (χ1) is 9.41. The topological polar surface area (TPSA) is 80.9 Å². The van der Waals surface area contributed by atoms with E-state index in [9.17, 15) is 10.2 Å². The average Bonchev–Trinajstić information content (AvgIpc) is 2.40. The van der Waals surface area contributed by atoms with E-state index in [-0.39, 0.29) is 16.9 Å².